The Balaban J connectivity index is 2.44. The smallest absolute Gasteiger partial charge is 0.191 e. The van der Waals surface area contributed by atoms with E-state index in [4.69, 9.17) is 4.74 Å². The van der Waals surface area contributed by atoms with Crippen LogP contribution in [0.15, 0.2) is 35.3 Å². The number of nitrogens with one attached hydrogen (secondary N) is 2. The topological polar surface area (TPSA) is 65.9 Å². The van der Waals surface area contributed by atoms with Gasteiger partial charge in [-0.1, -0.05) is 44.2 Å². The quantitative estimate of drug-likeness (QED) is 0.424. The SMILES string of the molecule is CCNC(=NCC(O)Cc1ccccc1)NCCC(OCC)C(C)C. The van der Waals surface area contributed by atoms with Gasteiger partial charge in [0, 0.05) is 26.1 Å². The first-order valence-electron chi connectivity index (χ1n) is 9.42. The van der Waals surface area contributed by atoms with Gasteiger partial charge in [-0.05, 0) is 31.7 Å². The number of aliphatic hydroxyl groups excluding tert-OH is 1. The number of hydrogen-bond donors (Lipinski definition) is 3. The zero-order chi connectivity index (χ0) is 18.5. The number of guanidine groups is 1. The number of ether oxygens (including phenoxy) is 1. The fourth-order valence-electron chi connectivity index (χ4n) is 2.65. The van der Waals surface area contributed by atoms with Crippen LogP contribution in [0.4, 0.5) is 0 Å². The highest BCUT2D eigenvalue weighted by Crippen LogP contribution is 2.10. The van der Waals surface area contributed by atoms with Gasteiger partial charge in [0.05, 0.1) is 18.8 Å². The Morgan fingerprint density at radius 3 is 2.48 bits per heavy atom. The molecule has 0 saturated heterocycles. The van der Waals surface area contributed by atoms with Gasteiger partial charge < -0.3 is 20.5 Å². The molecule has 0 aliphatic heterocycles. The molecule has 2 atom stereocenters. The van der Waals surface area contributed by atoms with Crippen LogP contribution in [0, 0.1) is 5.92 Å². The number of aliphatic imine (C=N–C) groups is 1. The normalized spacial score (nSPS) is 14.4. The van der Waals surface area contributed by atoms with E-state index in [1.165, 1.54) is 0 Å². The first-order chi connectivity index (χ1) is 12.1. The van der Waals surface area contributed by atoms with E-state index in [-0.39, 0.29) is 6.10 Å². The van der Waals surface area contributed by atoms with Crippen LogP contribution >= 0.6 is 0 Å². The van der Waals surface area contributed by atoms with Crippen LogP contribution in [0.1, 0.15) is 39.7 Å². The first-order valence-corrected chi connectivity index (χ1v) is 9.42. The van der Waals surface area contributed by atoms with Crippen molar-refractivity contribution in [2.24, 2.45) is 10.9 Å². The minimum absolute atomic E-state index is 0.254. The van der Waals surface area contributed by atoms with Crippen molar-refractivity contribution < 1.29 is 9.84 Å². The Kier molecular flexibility index (Phi) is 10.9. The summed E-state index contributed by atoms with van der Waals surface area (Å²) in [7, 11) is 0. The molecule has 0 amide bonds. The molecule has 0 aromatic heterocycles. The lowest BCUT2D eigenvalue weighted by Crippen LogP contribution is -2.40. The standard InChI is InChI=1S/C20H35N3O2/c1-5-21-20(22-13-12-19(16(3)4)25-6-2)23-15-18(24)14-17-10-8-7-9-11-17/h7-11,16,18-19,24H,5-6,12-15H2,1-4H3,(H2,21,22,23). The third kappa shape index (κ3) is 9.46. The molecule has 25 heavy (non-hydrogen) atoms. The maximum Gasteiger partial charge on any atom is 0.191 e. The summed E-state index contributed by atoms with van der Waals surface area (Å²) in [5.74, 6) is 1.24. The van der Waals surface area contributed by atoms with Crippen LogP contribution in [0.25, 0.3) is 0 Å². The third-order valence-corrected chi connectivity index (χ3v) is 3.96. The molecule has 0 fully saturated rings. The minimum Gasteiger partial charge on any atom is -0.391 e. The van der Waals surface area contributed by atoms with E-state index in [1.54, 1.807) is 0 Å². The predicted molar refractivity (Wildman–Crippen MR) is 105 cm³/mol. The predicted octanol–water partition coefficient (Wildman–Crippen LogP) is 2.60. The van der Waals surface area contributed by atoms with Crippen molar-refractivity contribution in [3.8, 4) is 0 Å². The maximum atomic E-state index is 10.2. The molecule has 0 spiro atoms. The molecule has 5 nitrogen and oxygen atoms in total. The Morgan fingerprint density at radius 1 is 1.16 bits per heavy atom. The summed E-state index contributed by atoms with van der Waals surface area (Å²) < 4.78 is 5.77. The van der Waals surface area contributed by atoms with Gasteiger partial charge in [-0.25, -0.2) is 0 Å². The van der Waals surface area contributed by atoms with Crippen molar-refractivity contribution in [2.45, 2.75) is 52.7 Å². The van der Waals surface area contributed by atoms with Crippen molar-refractivity contribution in [2.75, 3.05) is 26.2 Å². The van der Waals surface area contributed by atoms with Gasteiger partial charge in [0.2, 0.25) is 0 Å². The van der Waals surface area contributed by atoms with Crippen molar-refractivity contribution in [3.63, 3.8) is 0 Å². The van der Waals surface area contributed by atoms with Crippen LogP contribution < -0.4 is 10.6 Å². The van der Waals surface area contributed by atoms with Crippen molar-refractivity contribution >= 4 is 5.96 Å². The molecule has 5 heteroatoms. The van der Waals surface area contributed by atoms with Gasteiger partial charge in [-0.15, -0.1) is 0 Å². The summed E-state index contributed by atoms with van der Waals surface area (Å²) in [6.45, 7) is 11.1. The lowest BCUT2D eigenvalue weighted by Gasteiger charge is -2.21. The van der Waals surface area contributed by atoms with Gasteiger partial charge in [-0.3, -0.25) is 4.99 Å². The number of rotatable bonds is 11. The molecular formula is C20H35N3O2. The molecule has 142 valence electrons. The molecule has 0 bridgehead atoms. The molecule has 0 aliphatic rings. The number of nitrogens with zero attached hydrogens (tertiary/aromatic N) is 1. The van der Waals surface area contributed by atoms with E-state index < -0.39 is 6.10 Å². The summed E-state index contributed by atoms with van der Waals surface area (Å²) in [5, 5.41) is 16.7. The average molecular weight is 350 g/mol. The highest BCUT2D eigenvalue weighted by Gasteiger charge is 2.13. The van der Waals surface area contributed by atoms with Crippen LogP contribution in [0.2, 0.25) is 0 Å². The largest absolute Gasteiger partial charge is 0.391 e. The number of aliphatic hydroxyl groups is 1. The summed E-state index contributed by atoms with van der Waals surface area (Å²) >= 11 is 0. The number of hydrogen-bond acceptors (Lipinski definition) is 3. The summed E-state index contributed by atoms with van der Waals surface area (Å²) in [6, 6.07) is 10.0. The Morgan fingerprint density at radius 2 is 1.88 bits per heavy atom. The third-order valence-electron chi connectivity index (χ3n) is 3.96. The molecular weight excluding hydrogens is 314 g/mol. The highest BCUT2D eigenvalue weighted by molar-refractivity contribution is 5.79. The van der Waals surface area contributed by atoms with Gasteiger partial charge in [0.25, 0.3) is 0 Å². The molecule has 1 aromatic carbocycles. The molecule has 1 aromatic rings. The van der Waals surface area contributed by atoms with E-state index in [2.05, 4.69) is 29.5 Å². The Bertz CT molecular complexity index is 477. The van der Waals surface area contributed by atoms with Crippen LogP contribution in [-0.4, -0.2) is 49.5 Å². The van der Waals surface area contributed by atoms with Crippen LogP contribution in [-0.2, 0) is 11.2 Å². The zero-order valence-corrected chi connectivity index (χ0v) is 16.2. The zero-order valence-electron chi connectivity index (χ0n) is 16.2. The fraction of sp³-hybridized carbons (Fsp3) is 0.650. The molecule has 0 radical (unpaired) electrons. The van der Waals surface area contributed by atoms with E-state index in [0.717, 1.165) is 37.6 Å². The number of benzene rings is 1. The van der Waals surface area contributed by atoms with Crippen LogP contribution in [0.5, 0.6) is 0 Å². The monoisotopic (exact) mass is 349 g/mol. The molecule has 3 N–H and O–H groups in total. The summed E-state index contributed by atoms with van der Waals surface area (Å²) in [4.78, 5) is 4.50. The molecule has 0 saturated carbocycles. The fourth-order valence-corrected chi connectivity index (χ4v) is 2.65. The second-order valence-electron chi connectivity index (χ2n) is 6.52. The summed E-state index contributed by atoms with van der Waals surface area (Å²) in [5.41, 5.74) is 1.12. The second kappa shape index (κ2) is 12.7. The van der Waals surface area contributed by atoms with Gasteiger partial charge >= 0.3 is 0 Å². The lowest BCUT2D eigenvalue weighted by atomic mass is 10.0. The van der Waals surface area contributed by atoms with E-state index in [9.17, 15) is 5.11 Å². The molecule has 0 aliphatic carbocycles. The second-order valence-corrected chi connectivity index (χ2v) is 6.52. The van der Waals surface area contributed by atoms with E-state index in [1.807, 2.05) is 44.2 Å². The van der Waals surface area contributed by atoms with Crippen molar-refractivity contribution in [3.05, 3.63) is 35.9 Å². The minimum atomic E-state index is -0.482. The Hall–Kier alpha value is -1.59. The van der Waals surface area contributed by atoms with E-state index in [0.29, 0.717) is 18.9 Å². The van der Waals surface area contributed by atoms with Gasteiger partial charge in [-0.2, -0.15) is 0 Å². The first kappa shape index (κ1) is 21.5. The highest BCUT2D eigenvalue weighted by atomic mass is 16.5. The van der Waals surface area contributed by atoms with E-state index >= 15 is 0 Å². The Labute approximate surface area is 152 Å². The molecule has 0 heterocycles. The molecule has 1 rings (SSSR count). The summed E-state index contributed by atoms with van der Waals surface area (Å²) in [6.07, 6.45) is 1.32. The van der Waals surface area contributed by atoms with Gasteiger partial charge in [0.15, 0.2) is 5.96 Å². The van der Waals surface area contributed by atoms with Gasteiger partial charge in [0.1, 0.15) is 0 Å². The average Bonchev–Trinajstić information content (AvgIpc) is 2.59. The maximum absolute atomic E-state index is 10.2. The van der Waals surface area contributed by atoms with Crippen molar-refractivity contribution in [1.82, 2.24) is 10.6 Å². The lowest BCUT2D eigenvalue weighted by molar-refractivity contribution is 0.0258. The van der Waals surface area contributed by atoms with Crippen LogP contribution in [0.3, 0.4) is 0 Å². The van der Waals surface area contributed by atoms with Crippen molar-refractivity contribution in [1.29, 1.82) is 0 Å². The molecule has 2 unspecified atom stereocenters.